The van der Waals surface area contributed by atoms with Crippen molar-refractivity contribution in [1.82, 2.24) is 50.7 Å². The molecular weight excluding hydrogens is 1090 g/mol. The maximum absolute atomic E-state index is 15.3. The summed E-state index contributed by atoms with van der Waals surface area (Å²) in [5.74, 6) is -9.62. The molecular formula is C62H102N10O13. The summed E-state index contributed by atoms with van der Waals surface area (Å²) in [6, 6.07) is -3.35. The van der Waals surface area contributed by atoms with Crippen LogP contribution in [0, 0.1) is 35.5 Å². The van der Waals surface area contributed by atoms with Crippen LogP contribution in [0.5, 0.6) is 5.75 Å². The number of benzene rings is 1. The van der Waals surface area contributed by atoms with Crippen molar-refractivity contribution in [3.63, 3.8) is 0 Å². The Morgan fingerprint density at radius 1 is 0.635 bits per heavy atom. The molecule has 3 rings (SSSR count). The van der Waals surface area contributed by atoms with Gasteiger partial charge in [0.25, 0.3) is 5.91 Å². The number of carbonyl (C=O) groups excluding carboxylic acids is 11. The first-order valence-electron chi connectivity index (χ1n) is 30.4. The number of rotatable bonds is 15. The van der Waals surface area contributed by atoms with Crippen LogP contribution in [0.15, 0.2) is 24.3 Å². The van der Waals surface area contributed by atoms with E-state index in [1.165, 1.54) is 68.9 Å². The molecule has 11 atom stereocenters. The van der Waals surface area contributed by atoms with Crippen LogP contribution in [0.25, 0.3) is 0 Å². The lowest BCUT2D eigenvalue weighted by Gasteiger charge is -2.41. The molecule has 1 aromatic rings. The second kappa shape index (κ2) is 33.2. The molecule has 0 unspecified atom stereocenters. The van der Waals surface area contributed by atoms with E-state index in [-0.39, 0.29) is 31.8 Å². The summed E-state index contributed by atoms with van der Waals surface area (Å²) in [5, 5.41) is 11.2. The number of cyclic esters (lactones) is 1. The number of esters is 1. The number of fused-ring (bicyclic) bond motifs is 1. The highest BCUT2D eigenvalue weighted by atomic mass is 16.5. The van der Waals surface area contributed by atoms with Gasteiger partial charge in [-0.3, -0.25) is 47.9 Å². The topological polar surface area (TPSA) is 274 Å². The van der Waals surface area contributed by atoms with E-state index in [2.05, 4.69) is 21.3 Å². The molecule has 2 aliphatic heterocycles. The Hall–Kier alpha value is -6.81. The van der Waals surface area contributed by atoms with E-state index < -0.39 is 162 Å². The monoisotopic (exact) mass is 1190 g/mol. The number of amides is 10. The SMILES string of the molecule is CC[C@H](C)[C@H]1C(=O)NCC(=O)N(C)[C@@H](C(C)C)C(=O)N[C@@H](Cc2ccc(OC)cc2)C(=O)O[C@@H](C)C(=O)N2CCCC[C@H]2C(=O)N(C)[C@@H](C(C)C)C(=O)N[C@@H](C(C)C)C(=O)N(C)[C@@H](CC(=O)NCCC(C)C)C(=O)N(C)[C@@H]([C@@H](C)CC)C(=O)N1C. The van der Waals surface area contributed by atoms with Crippen LogP contribution in [0.3, 0.4) is 0 Å². The molecule has 2 heterocycles. The standard InChI is InChI=1S/C62H102N10O13/c1-20-39(11)52-54(75)64-34-48(74)68(15)50(37(7)8)55(76)65-44(32-42-25-27-43(84-19)28-26-42)62(83)85-41(13)57(78)72-31-23-22-24-45(72)58(79)69(16)51(38(9)10)56(77)66-49(36(5)6)60(81)67(14)46(33-47(73)63-30-29-35(3)4)59(80)71(18)53(40(12)21-2)61(82)70(52)17/h25-28,35-41,44-46,49-53H,20-24,29-34H2,1-19H3,(H,63,73)(H,64,75)(H,65,76)(H,66,77)/t39-,40-,41-,44-,45-,46-,49-,50-,51-,52-,53-/m0/s1. The maximum atomic E-state index is 15.3. The number of hydrogen-bond acceptors (Lipinski definition) is 13. The van der Waals surface area contributed by atoms with Crippen molar-refractivity contribution in [3.05, 3.63) is 29.8 Å². The van der Waals surface area contributed by atoms with Crippen molar-refractivity contribution in [2.45, 2.75) is 196 Å². The van der Waals surface area contributed by atoms with Crippen molar-refractivity contribution < 1.29 is 62.2 Å². The minimum Gasteiger partial charge on any atom is -0.497 e. The van der Waals surface area contributed by atoms with Crippen molar-refractivity contribution in [2.75, 3.05) is 62.0 Å². The van der Waals surface area contributed by atoms with Gasteiger partial charge in [0, 0.05) is 54.7 Å². The predicted octanol–water partition coefficient (Wildman–Crippen LogP) is 3.40. The highest BCUT2D eigenvalue weighted by molar-refractivity contribution is 6.00. The van der Waals surface area contributed by atoms with E-state index >= 15 is 14.4 Å². The fourth-order valence-corrected chi connectivity index (χ4v) is 11.2. The molecule has 2 fully saturated rings. The van der Waals surface area contributed by atoms with Crippen molar-refractivity contribution in [3.8, 4) is 5.75 Å². The zero-order valence-corrected chi connectivity index (χ0v) is 54.2. The predicted molar refractivity (Wildman–Crippen MR) is 322 cm³/mol. The Labute approximate surface area is 505 Å². The van der Waals surface area contributed by atoms with Crippen LogP contribution in [0.1, 0.15) is 141 Å². The van der Waals surface area contributed by atoms with E-state index in [4.69, 9.17) is 9.47 Å². The molecule has 23 nitrogen and oxygen atoms in total. The maximum Gasteiger partial charge on any atom is 0.329 e. The van der Waals surface area contributed by atoms with Crippen molar-refractivity contribution in [2.24, 2.45) is 35.5 Å². The molecule has 0 saturated carbocycles. The summed E-state index contributed by atoms with van der Waals surface area (Å²) in [6.45, 7) is 22.7. The van der Waals surface area contributed by atoms with Crippen LogP contribution in [-0.2, 0) is 63.9 Å². The summed E-state index contributed by atoms with van der Waals surface area (Å²) < 4.78 is 11.2. The lowest BCUT2D eigenvalue weighted by Crippen LogP contribution is -2.63. The second-order valence-corrected chi connectivity index (χ2v) is 24.8. The third-order valence-corrected chi connectivity index (χ3v) is 16.9. The average Bonchev–Trinajstić information content (AvgIpc) is 2.56. The van der Waals surface area contributed by atoms with Crippen LogP contribution < -0.4 is 26.0 Å². The number of nitrogens with one attached hydrogen (secondary N) is 4. The Morgan fingerprint density at radius 3 is 1.72 bits per heavy atom. The zero-order valence-electron chi connectivity index (χ0n) is 54.2. The molecule has 4 N–H and O–H groups in total. The van der Waals surface area contributed by atoms with Gasteiger partial charge in [-0.15, -0.1) is 0 Å². The Morgan fingerprint density at radius 2 is 1.18 bits per heavy atom. The van der Waals surface area contributed by atoms with Gasteiger partial charge >= 0.3 is 5.97 Å². The van der Waals surface area contributed by atoms with Crippen LogP contribution >= 0.6 is 0 Å². The van der Waals surface area contributed by atoms with Gasteiger partial charge in [0.15, 0.2) is 6.10 Å². The number of nitrogens with zero attached hydrogens (tertiary/aromatic N) is 6. The fourth-order valence-electron chi connectivity index (χ4n) is 11.2. The van der Waals surface area contributed by atoms with Gasteiger partial charge < -0.3 is 60.1 Å². The van der Waals surface area contributed by atoms with E-state index in [9.17, 15) is 38.4 Å². The van der Waals surface area contributed by atoms with Crippen LogP contribution in [0.4, 0.5) is 0 Å². The Kier molecular flexibility index (Phi) is 28.3. The van der Waals surface area contributed by atoms with E-state index in [1.54, 1.807) is 79.7 Å². The molecule has 23 heteroatoms. The van der Waals surface area contributed by atoms with Gasteiger partial charge in [0.2, 0.25) is 53.2 Å². The van der Waals surface area contributed by atoms with E-state index in [0.717, 1.165) is 9.80 Å². The van der Waals surface area contributed by atoms with Gasteiger partial charge in [-0.25, -0.2) is 4.79 Å². The third kappa shape index (κ3) is 19.1. The molecule has 0 bridgehead atoms. The lowest BCUT2D eigenvalue weighted by molar-refractivity contribution is -0.165. The molecule has 0 aliphatic carbocycles. The molecule has 2 saturated heterocycles. The largest absolute Gasteiger partial charge is 0.497 e. The number of likely N-dealkylation sites (N-methyl/N-ethyl adjacent to an activating group) is 5. The molecule has 85 heavy (non-hydrogen) atoms. The summed E-state index contributed by atoms with van der Waals surface area (Å²) in [6.07, 6.45) is 0.634. The van der Waals surface area contributed by atoms with Crippen LogP contribution in [0.2, 0.25) is 0 Å². The van der Waals surface area contributed by atoms with Gasteiger partial charge in [-0.2, -0.15) is 0 Å². The molecule has 0 spiro atoms. The fraction of sp³-hybridized carbons (Fsp3) is 0.726. The Balaban J connectivity index is 2.30. The van der Waals surface area contributed by atoms with E-state index in [0.29, 0.717) is 43.4 Å². The molecule has 478 valence electrons. The van der Waals surface area contributed by atoms with Crippen molar-refractivity contribution in [1.29, 1.82) is 0 Å². The zero-order chi connectivity index (χ0) is 64.5. The van der Waals surface area contributed by atoms with E-state index in [1.807, 2.05) is 27.7 Å². The second-order valence-electron chi connectivity index (χ2n) is 24.8. The highest BCUT2D eigenvalue weighted by Crippen LogP contribution is 2.27. The normalized spacial score (nSPS) is 25.9. The highest BCUT2D eigenvalue weighted by Gasteiger charge is 2.46. The average molecular weight is 1200 g/mol. The summed E-state index contributed by atoms with van der Waals surface area (Å²) >= 11 is 0. The molecule has 10 amide bonds. The van der Waals surface area contributed by atoms with Gasteiger partial charge in [-0.05, 0) is 85.8 Å². The first-order valence-corrected chi connectivity index (χ1v) is 30.4. The number of piperidine rings is 1. The summed E-state index contributed by atoms with van der Waals surface area (Å²) in [7, 11) is 8.56. The van der Waals surface area contributed by atoms with Gasteiger partial charge in [-0.1, -0.05) is 108 Å². The number of methoxy groups -OCH3 is 1. The molecule has 0 aromatic heterocycles. The Bertz CT molecular complexity index is 2490. The third-order valence-electron chi connectivity index (χ3n) is 16.9. The first-order chi connectivity index (χ1) is 39.8. The minimum absolute atomic E-state index is 0.108. The van der Waals surface area contributed by atoms with Crippen LogP contribution in [-0.4, -0.2) is 211 Å². The molecule has 2 aliphatic rings. The van der Waals surface area contributed by atoms with Gasteiger partial charge in [0.05, 0.1) is 20.1 Å². The minimum atomic E-state index is -1.51. The lowest BCUT2D eigenvalue weighted by atomic mass is 9.92. The number of hydrogen-bond donors (Lipinski definition) is 4. The molecule has 0 radical (unpaired) electrons. The summed E-state index contributed by atoms with van der Waals surface area (Å²) in [4.78, 5) is 168. The summed E-state index contributed by atoms with van der Waals surface area (Å²) in [5.41, 5.74) is 0.589. The first kappa shape index (κ1) is 72.4. The quantitative estimate of drug-likeness (QED) is 0.184. The van der Waals surface area contributed by atoms with Gasteiger partial charge in [0.1, 0.15) is 54.1 Å². The molecule has 1 aromatic carbocycles. The van der Waals surface area contributed by atoms with Crippen molar-refractivity contribution >= 4 is 65.0 Å². The smallest absolute Gasteiger partial charge is 0.329 e. The number of carbonyl (C=O) groups is 11. The number of ether oxygens (including phenoxy) is 2.